The Morgan fingerprint density at radius 1 is 1.16 bits per heavy atom. The van der Waals surface area contributed by atoms with E-state index in [1.165, 1.54) is 10.3 Å². The fourth-order valence-electron chi connectivity index (χ4n) is 1.50. The smallest absolute Gasteiger partial charge is 0.263 e. The second kappa shape index (κ2) is 6.27. The molecule has 0 aliphatic carbocycles. The molecule has 0 bridgehead atoms. The quantitative estimate of drug-likeness (QED) is 0.858. The number of halogens is 1. The second-order valence-corrected chi connectivity index (χ2v) is 6.16. The fourth-order valence-corrected chi connectivity index (χ4v) is 3.93. The van der Waals surface area contributed by atoms with E-state index in [9.17, 15) is 4.79 Å². The van der Waals surface area contributed by atoms with Crippen molar-refractivity contribution in [1.29, 1.82) is 0 Å². The molecule has 0 spiro atoms. The molecule has 1 aromatic carbocycles. The lowest BCUT2D eigenvalue weighted by Gasteiger charge is -2.09. The topological polar surface area (TPSA) is 47.6 Å². The third kappa shape index (κ3) is 3.40. The summed E-state index contributed by atoms with van der Waals surface area (Å²) in [7, 11) is 5.67. The Balaban J connectivity index is 2.15. The first-order chi connectivity index (χ1) is 9.13. The van der Waals surface area contributed by atoms with Crippen LogP contribution in [0, 0.1) is 0 Å². The van der Waals surface area contributed by atoms with Gasteiger partial charge in [0, 0.05) is 12.6 Å². The highest BCUT2D eigenvalue weighted by Crippen LogP contribution is 2.28. The van der Waals surface area contributed by atoms with Gasteiger partial charge in [0.25, 0.3) is 4.74 Å². The summed E-state index contributed by atoms with van der Waals surface area (Å²) in [5.74, 6) is 1.45. The summed E-state index contributed by atoms with van der Waals surface area (Å²) in [5, 5.41) is 4.09. The van der Waals surface area contributed by atoms with Crippen LogP contribution in [-0.4, -0.2) is 14.2 Å². The zero-order chi connectivity index (χ0) is 13.8. The van der Waals surface area contributed by atoms with Crippen molar-refractivity contribution in [3.8, 4) is 11.5 Å². The highest BCUT2D eigenvalue weighted by molar-refractivity contribution is 7.70. The molecule has 0 fully saturated rings. The van der Waals surface area contributed by atoms with Crippen LogP contribution in [0.25, 0.3) is 0 Å². The van der Waals surface area contributed by atoms with Gasteiger partial charge in [-0.2, -0.15) is 0 Å². The van der Waals surface area contributed by atoms with Crippen LogP contribution in [0.2, 0.25) is 5.02 Å². The Kier molecular flexibility index (Phi) is 4.68. The SMILES string of the molecule is COc1cc(CNc2ssc(=O)c2Cl)cc(OC)c1. The minimum absolute atomic E-state index is 0.114. The van der Waals surface area contributed by atoms with Crippen LogP contribution in [-0.2, 0) is 6.54 Å². The Morgan fingerprint density at radius 2 is 1.79 bits per heavy atom. The average Bonchev–Trinajstić information content (AvgIpc) is 2.76. The van der Waals surface area contributed by atoms with Crippen LogP contribution in [0.3, 0.4) is 0 Å². The van der Waals surface area contributed by atoms with Gasteiger partial charge in [0.15, 0.2) is 0 Å². The summed E-state index contributed by atoms with van der Waals surface area (Å²) in [4.78, 5) is 11.3. The van der Waals surface area contributed by atoms with Crippen molar-refractivity contribution < 1.29 is 9.47 Å². The summed E-state index contributed by atoms with van der Waals surface area (Å²) >= 11 is 5.89. The van der Waals surface area contributed by atoms with E-state index >= 15 is 0 Å². The lowest BCUT2D eigenvalue weighted by Crippen LogP contribution is -2.01. The van der Waals surface area contributed by atoms with Crippen LogP contribution in [0.1, 0.15) is 5.56 Å². The van der Waals surface area contributed by atoms with Crippen molar-refractivity contribution in [1.82, 2.24) is 0 Å². The van der Waals surface area contributed by atoms with E-state index in [-0.39, 0.29) is 9.77 Å². The third-order valence-electron chi connectivity index (χ3n) is 2.44. The van der Waals surface area contributed by atoms with Crippen molar-refractivity contribution in [2.45, 2.75) is 6.54 Å². The summed E-state index contributed by atoms with van der Waals surface area (Å²) in [6, 6.07) is 5.61. The van der Waals surface area contributed by atoms with Crippen LogP contribution >= 0.6 is 32.3 Å². The van der Waals surface area contributed by atoms with Gasteiger partial charge in [-0.3, -0.25) is 4.79 Å². The second-order valence-electron chi connectivity index (χ2n) is 3.67. The van der Waals surface area contributed by atoms with Gasteiger partial charge in [-0.1, -0.05) is 21.9 Å². The minimum atomic E-state index is -0.114. The maximum atomic E-state index is 11.3. The number of nitrogens with one attached hydrogen (secondary N) is 1. The van der Waals surface area contributed by atoms with Crippen molar-refractivity contribution in [2.75, 3.05) is 19.5 Å². The van der Waals surface area contributed by atoms with E-state index in [1.807, 2.05) is 12.1 Å². The zero-order valence-corrected chi connectivity index (χ0v) is 12.7. The molecule has 4 nitrogen and oxygen atoms in total. The van der Waals surface area contributed by atoms with Gasteiger partial charge >= 0.3 is 0 Å². The number of benzene rings is 1. The molecular formula is C12H12ClNO3S2. The number of anilines is 1. The first-order valence-electron chi connectivity index (χ1n) is 5.38. The number of rotatable bonds is 5. The zero-order valence-electron chi connectivity index (χ0n) is 10.4. The summed E-state index contributed by atoms with van der Waals surface area (Å²) in [6.45, 7) is 0.542. The predicted octanol–water partition coefficient (Wildman–Crippen LogP) is 3.45. The molecule has 1 aromatic heterocycles. The predicted molar refractivity (Wildman–Crippen MR) is 80.3 cm³/mol. The third-order valence-corrected chi connectivity index (χ3v) is 5.19. The van der Waals surface area contributed by atoms with Gasteiger partial charge in [-0.05, 0) is 28.0 Å². The molecule has 0 amide bonds. The van der Waals surface area contributed by atoms with E-state index in [1.54, 1.807) is 20.3 Å². The molecule has 0 saturated carbocycles. The van der Waals surface area contributed by atoms with Gasteiger partial charge in [-0.15, -0.1) is 0 Å². The van der Waals surface area contributed by atoms with Gasteiger partial charge in [0.2, 0.25) is 0 Å². The van der Waals surface area contributed by atoms with Gasteiger partial charge in [-0.25, -0.2) is 0 Å². The van der Waals surface area contributed by atoms with Crippen molar-refractivity contribution in [3.05, 3.63) is 38.3 Å². The largest absolute Gasteiger partial charge is 0.497 e. The van der Waals surface area contributed by atoms with Crippen LogP contribution < -0.4 is 19.5 Å². The highest BCUT2D eigenvalue weighted by atomic mass is 35.5. The van der Waals surface area contributed by atoms with Crippen molar-refractivity contribution in [2.24, 2.45) is 0 Å². The van der Waals surface area contributed by atoms with E-state index in [4.69, 9.17) is 21.1 Å². The minimum Gasteiger partial charge on any atom is -0.497 e. The number of hydrogen-bond donors (Lipinski definition) is 1. The molecule has 0 radical (unpaired) electrons. The maximum Gasteiger partial charge on any atom is 0.263 e. The standard InChI is InChI=1S/C12H12ClNO3S2/c1-16-8-3-7(4-9(5-8)17-2)6-14-11-10(13)12(15)19-18-11/h3-5,14H,6H2,1-2H3. The van der Waals surface area contributed by atoms with Gasteiger partial charge in [0.1, 0.15) is 21.5 Å². The molecule has 7 heteroatoms. The monoisotopic (exact) mass is 317 g/mol. The molecule has 0 unspecified atom stereocenters. The fraction of sp³-hybridized carbons (Fsp3) is 0.250. The average molecular weight is 318 g/mol. The van der Waals surface area contributed by atoms with Gasteiger partial charge in [0.05, 0.1) is 14.2 Å². The van der Waals surface area contributed by atoms with E-state index in [0.717, 1.165) is 27.4 Å². The van der Waals surface area contributed by atoms with Gasteiger partial charge < -0.3 is 14.8 Å². The van der Waals surface area contributed by atoms with E-state index in [2.05, 4.69) is 5.32 Å². The first kappa shape index (κ1) is 14.2. The maximum absolute atomic E-state index is 11.3. The normalized spacial score (nSPS) is 10.3. The molecule has 0 atom stereocenters. The van der Waals surface area contributed by atoms with E-state index in [0.29, 0.717) is 11.5 Å². The molecule has 102 valence electrons. The van der Waals surface area contributed by atoms with Crippen LogP contribution in [0.5, 0.6) is 11.5 Å². The number of ether oxygens (including phenoxy) is 2. The molecule has 0 aliphatic rings. The van der Waals surface area contributed by atoms with Crippen LogP contribution in [0.4, 0.5) is 5.00 Å². The summed E-state index contributed by atoms with van der Waals surface area (Å²) < 4.78 is 10.3. The lowest BCUT2D eigenvalue weighted by atomic mass is 10.2. The molecular weight excluding hydrogens is 306 g/mol. The molecule has 2 aromatic rings. The summed E-state index contributed by atoms with van der Waals surface area (Å²) in [6.07, 6.45) is 0. The van der Waals surface area contributed by atoms with E-state index < -0.39 is 0 Å². The number of methoxy groups -OCH3 is 2. The Hall–Kier alpha value is -1.24. The van der Waals surface area contributed by atoms with Crippen molar-refractivity contribution >= 4 is 37.3 Å². The highest BCUT2D eigenvalue weighted by Gasteiger charge is 2.08. The summed E-state index contributed by atoms with van der Waals surface area (Å²) in [5.41, 5.74) is 0.984. The van der Waals surface area contributed by atoms with Crippen molar-refractivity contribution in [3.63, 3.8) is 0 Å². The first-order valence-corrected chi connectivity index (χ1v) is 7.91. The molecule has 19 heavy (non-hydrogen) atoms. The molecule has 0 aliphatic heterocycles. The lowest BCUT2D eigenvalue weighted by molar-refractivity contribution is 0.393. The molecule has 1 N–H and O–H groups in total. The van der Waals surface area contributed by atoms with Crippen LogP contribution in [0.15, 0.2) is 23.0 Å². The Bertz CT molecular complexity index is 601. The molecule has 0 saturated heterocycles. The Morgan fingerprint density at radius 3 is 2.26 bits per heavy atom. The number of hydrogen-bond acceptors (Lipinski definition) is 6. The molecule has 1 heterocycles. The molecule has 2 rings (SSSR count). The Labute approximate surface area is 122 Å².